The molecule has 0 saturated heterocycles. The van der Waals surface area contributed by atoms with Crippen LogP contribution >= 0.6 is 0 Å². The number of benzene rings is 6. The molecule has 180 valence electrons. The molecular formula is C28H18BaO6S2. The van der Waals surface area contributed by atoms with Crippen molar-refractivity contribution in [2.24, 2.45) is 0 Å². The first-order valence-corrected chi connectivity index (χ1v) is 13.7. The van der Waals surface area contributed by atoms with Crippen LogP contribution in [0.1, 0.15) is 0 Å². The predicted octanol–water partition coefficient (Wildman–Crippen LogP) is 5.41. The molecule has 0 aromatic heterocycles. The molecule has 0 aliphatic rings. The maximum Gasteiger partial charge on any atom is 2.00 e. The van der Waals surface area contributed by atoms with Gasteiger partial charge in [0.25, 0.3) is 0 Å². The van der Waals surface area contributed by atoms with E-state index in [2.05, 4.69) is 0 Å². The van der Waals surface area contributed by atoms with Crippen LogP contribution in [0.2, 0.25) is 0 Å². The zero-order valence-electron chi connectivity index (χ0n) is 19.4. The van der Waals surface area contributed by atoms with Crippen LogP contribution in [-0.4, -0.2) is 74.8 Å². The second-order valence-corrected chi connectivity index (χ2v) is 11.0. The predicted molar refractivity (Wildman–Crippen MR) is 145 cm³/mol. The monoisotopic (exact) mass is 652 g/mol. The Morgan fingerprint density at radius 2 is 0.703 bits per heavy atom. The van der Waals surface area contributed by atoms with E-state index in [1.807, 2.05) is 72.8 Å². The Kier molecular flexibility index (Phi) is 8.15. The Hall–Kier alpha value is -2.25. The Labute approximate surface area is 254 Å². The summed E-state index contributed by atoms with van der Waals surface area (Å²) in [6.07, 6.45) is 0. The Bertz CT molecular complexity index is 1860. The minimum Gasteiger partial charge on any atom is -0.744 e. The van der Waals surface area contributed by atoms with Gasteiger partial charge < -0.3 is 9.11 Å². The minimum atomic E-state index is -4.41. The average molecular weight is 652 g/mol. The SMILES string of the molecule is O=S(=O)([O-])c1ccc2ccc3ccccc3c2c1.O=S(=O)([O-])c1ccc2ccc3ccccc3c2c1.[Ba+2]. The van der Waals surface area contributed by atoms with Gasteiger partial charge in [0.05, 0.1) is 9.79 Å². The molecule has 0 heterocycles. The van der Waals surface area contributed by atoms with Gasteiger partial charge in [-0.2, -0.15) is 0 Å². The summed E-state index contributed by atoms with van der Waals surface area (Å²) in [5.41, 5.74) is 0. The molecule has 6 aromatic carbocycles. The van der Waals surface area contributed by atoms with Gasteiger partial charge in [0, 0.05) is 0 Å². The van der Waals surface area contributed by atoms with Crippen LogP contribution in [0.5, 0.6) is 0 Å². The zero-order valence-corrected chi connectivity index (χ0v) is 25.4. The molecule has 37 heavy (non-hydrogen) atoms. The average Bonchev–Trinajstić information content (AvgIpc) is 2.87. The standard InChI is InChI=1S/2C14H10O3S.Ba/c2*15-18(16,17)12-8-7-11-6-5-10-3-1-2-4-13(10)14(11)9-12;/h2*1-9H,(H,15,16,17);/q;;+2/p-2. The molecule has 9 heteroatoms. The molecule has 0 radical (unpaired) electrons. The van der Waals surface area contributed by atoms with Crippen molar-refractivity contribution in [3.63, 3.8) is 0 Å². The van der Waals surface area contributed by atoms with Gasteiger partial charge in [0.2, 0.25) is 0 Å². The van der Waals surface area contributed by atoms with Crippen LogP contribution in [0.15, 0.2) is 119 Å². The quantitative estimate of drug-likeness (QED) is 0.141. The molecule has 0 amide bonds. The van der Waals surface area contributed by atoms with Crippen molar-refractivity contribution in [1.82, 2.24) is 0 Å². The summed E-state index contributed by atoms with van der Waals surface area (Å²) >= 11 is 0. The van der Waals surface area contributed by atoms with Gasteiger partial charge in [-0.15, -0.1) is 0 Å². The molecule has 0 aliphatic heterocycles. The number of hydrogen-bond acceptors (Lipinski definition) is 6. The first-order chi connectivity index (χ1) is 17.1. The maximum atomic E-state index is 11.1. The molecule has 6 aromatic rings. The Morgan fingerprint density at radius 3 is 1.05 bits per heavy atom. The van der Waals surface area contributed by atoms with Crippen molar-refractivity contribution in [2.75, 3.05) is 0 Å². The maximum absolute atomic E-state index is 11.1. The Balaban J connectivity index is 0.000000168. The minimum absolute atomic E-state index is 0. The summed E-state index contributed by atoms with van der Waals surface area (Å²) in [4.78, 5) is -0.377. The van der Waals surface area contributed by atoms with Crippen LogP contribution in [0, 0.1) is 0 Å². The third kappa shape index (κ3) is 5.93. The van der Waals surface area contributed by atoms with E-state index in [0.717, 1.165) is 43.1 Å². The molecule has 0 saturated carbocycles. The number of fused-ring (bicyclic) bond motifs is 6. The first kappa shape index (κ1) is 27.8. The number of rotatable bonds is 2. The van der Waals surface area contributed by atoms with E-state index in [1.54, 1.807) is 12.1 Å². The Morgan fingerprint density at radius 1 is 0.405 bits per heavy atom. The van der Waals surface area contributed by atoms with E-state index in [-0.39, 0.29) is 58.7 Å². The fraction of sp³-hybridized carbons (Fsp3) is 0. The smallest absolute Gasteiger partial charge is 0.744 e. The number of hydrogen-bond donors (Lipinski definition) is 0. The van der Waals surface area contributed by atoms with Gasteiger partial charge in [-0.1, -0.05) is 84.9 Å². The van der Waals surface area contributed by atoms with Crippen molar-refractivity contribution in [2.45, 2.75) is 9.79 Å². The molecule has 0 fully saturated rings. The molecule has 0 atom stereocenters. The van der Waals surface area contributed by atoms with E-state index in [1.165, 1.54) is 24.3 Å². The summed E-state index contributed by atoms with van der Waals surface area (Å²) in [7, 11) is -8.83. The van der Waals surface area contributed by atoms with Crippen LogP contribution in [0.25, 0.3) is 43.1 Å². The van der Waals surface area contributed by atoms with Crippen LogP contribution in [0.4, 0.5) is 0 Å². The summed E-state index contributed by atoms with van der Waals surface area (Å²) in [5.74, 6) is 0. The van der Waals surface area contributed by atoms with Gasteiger partial charge in [-0.05, 0) is 67.4 Å². The second kappa shape index (κ2) is 10.9. The third-order valence-corrected chi connectivity index (χ3v) is 7.68. The van der Waals surface area contributed by atoms with Gasteiger partial charge >= 0.3 is 48.9 Å². The summed E-state index contributed by atoms with van der Waals surface area (Å²) in [5, 5.41) is 7.33. The van der Waals surface area contributed by atoms with E-state index in [9.17, 15) is 25.9 Å². The largest absolute Gasteiger partial charge is 2.00 e. The topological polar surface area (TPSA) is 114 Å². The normalized spacial score (nSPS) is 11.7. The van der Waals surface area contributed by atoms with Crippen molar-refractivity contribution < 1.29 is 25.9 Å². The fourth-order valence-electron chi connectivity index (χ4n) is 4.27. The molecule has 6 nitrogen and oxygen atoms in total. The van der Waals surface area contributed by atoms with Gasteiger partial charge in [-0.3, -0.25) is 0 Å². The van der Waals surface area contributed by atoms with Gasteiger partial charge in [0.15, 0.2) is 0 Å². The van der Waals surface area contributed by atoms with Gasteiger partial charge in [-0.25, -0.2) is 16.8 Å². The van der Waals surface area contributed by atoms with E-state index in [0.29, 0.717) is 0 Å². The molecule has 0 N–H and O–H groups in total. The van der Waals surface area contributed by atoms with Crippen LogP contribution < -0.4 is 0 Å². The molecule has 6 rings (SSSR count). The molecule has 0 spiro atoms. The summed E-state index contributed by atoms with van der Waals surface area (Å²) < 4.78 is 66.3. The van der Waals surface area contributed by atoms with Crippen molar-refractivity contribution >= 4 is 112 Å². The van der Waals surface area contributed by atoms with Gasteiger partial charge in [0.1, 0.15) is 20.2 Å². The van der Waals surface area contributed by atoms with Crippen molar-refractivity contribution in [3.05, 3.63) is 109 Å². The molecule has 0 bridgehead atoms. The molecular weight excluding hydrogens is 634 g/mol. The van der Waals surface area contributed by atoms with E-state index < -0.39 is 20.2 Å². The van der Waals surface area contributed by atoms with Crippen LogP contribution in [0.3, 0.4) is 0 Å². The molecule has 0 unspecified atom stereocenters. The summed E-state index contributed by atoms with van der Waals surface area (Å²) in [6, 6.07) is 32.0. The third-order valence-electron chi connectivity index (χ3n) is 6.01. The zero-order chi connectivity index (χ0) is 25.5. The van der Waals surface area contributed by atoms with Crippen LogP contribution in [-0.2, 0) is 20.2 Å². The van der Waals surface area contributed by atoms with Crippen molar-refractivity contribution in [3.8, 4) is 0 Å². The summed E-state index contributed by atoms with van der Waals surface area (Å²) in [6.45, 7) is 0. The van der Waals surface area contributed by atoms with E-state index in [4.69, 9.17) is 0 Å². The van der Waals surface area contributed by atoms with Crippen molar-refractivity contribution in [1.29, 1.82) is 0 Å². The van der Waals surface area contributed by atoms with E-state index >= 15 is 0 Å². The molecule has 0 aliphatic carbocycles. The first-order valence-electron chi connectivity index (χ1n) is 10.9. The second-order valence-electron chi connectivity index (χ2n) is 8.25. The fourth-order valence-corrected chi connectivity index (χ4v) is 5.27.